The lowest BCUT2D eigenvalue weighted by molar-refractivity contribution is -0.128. The second-order valence-electron chi connectivity index (χ2n) is 9.68. The molecule has 1 aliphatic heterocycles. The third-order valence-corrected chi connectivity index (χ3v) is 6.34. The zero-order chi connectivity index (χ0) is 21.5. The minimum absolute atomic E-state index is 0.109. The molecule has 2 aliphatic rings. The molecule has 0 radical (unpaired) electrons. The van der Waals surface area contributed by atoms with E-state index in [4.69, 9.17) is 16.0 Å². The Morgan fingerprint density at radius 1 is 1.17 bits per heavy atom. The number of likely N-dealkylation sites (tertiary alicyclic amines) is 1. The Morgan fingerprint density at radius 3 is 2.57 bits per heavy atom. The van der Waals surface area contributed by atoms with Crippen molar-refractivity contribution >= 4 is 29.5 Å². The first-order valence-corrected chi connectivity index (χ1v) is 10.7. The fourth-order valence-corrected chi connectivity index (χ4v) is 5.44. The van der Waals surface area contributed by atoms with Gasteiger partial charge in [-0.05, 0) is 66.5 Å². The highest BCUT2D eigenvalue weighted by molar-refractivity contribution is 6.30. The Labute approximate surface area is 182 Å². The standard InChI is InChI=1S/C24H27ClN2O3/c1-23(2)12-18-13-24(3,14-23)15-27(18)22(29)20(11-19-5-4-10-30-19)26-21(28)16-6-8-17(25)9-7-16/h4-11,18H,12-15H2,1-3H3,(H,26,28)/t18-,24-/m0/s1. The SMILES string of the molecule is CC1(C)C[C@H]2C[C@](C)(CN2C(=O)C(=Cc2ccco2)NC(=O)c2ccc(Cl)cc2)C1. The summed E-state index contributed by atoms with van der Waals surface area (Å²) >= 11 is 5.92. The first kappa shape index (κ1) is 20.7. The van der Waals surface area contributed by atoms with Crippen LogP contribution in [0, 0.1) is 10.8 Å². The summed E-state index contributed by atoms with van der Waals surface area (Å²) in [6, 6.07) is 10.3. The van der Waals surface area contributed by atoms with Gasteiger partial charge in [-0.15, -0.1) is 0 Å². The number of amides is 2. The minimum Gasteiger partial charge on any atom is -0.465 e. The normalized spacial score (nSPS) is 25.3. The van der Waals surface area contributed by atoms with Gasteiger partial charge in [0.15, 0.2) is 0 Å². The summed E-state index contributed by atoms with van der Waals surface area (Å²) in [5, 5.41) is 3.36. The van der Waals surface area contributed by atoms with Crippen molar-refractivity contribution in [3.05, 3.63) is 64.7 Å². The van der Waals surface area contributed by atoms with Crippen LogP contribution in [0.15, 0.2) is 52.8 Å². The molecule has 2 atom stereocenters. The second-order valence-corrected chi connectivity index (χ2v) is 10.1. The molecule has 1 aromatic carbocycles. The molecule has 2 fully saturated rings. The molecule has 5 nitrogen and oxygen atoms in total. The number of furan rings is 1. The van der Waals surface area contributed by atoms with Crippen LogP contribution >= 0.6 is 11.6 Å². The van der Waals surface area contributed by atoms with Crippen molar-refractivity contribution < 1.29 is 14.0 Å². The lowest BCUT2D eigenvalue weighted by atomic mass is 9.65. The van der Waals surface area contributed by atoms with Crippen molar-refractivity contribution in [1.82, 2.24) is 10.2 Å². The highest BCUT2D eigenvalue weighted by atomic mass is 35.5. The summed E-state index contributed by atoms with van der Waals surface area (Å²) in [6.07, 6.45) is 6.21. The van der Waals surface area contributed by atoms with Crippen molar-refractivity contribution in [2.75, 3.05) is 6.54 Å². The fraction of sp³-hybridized carbons (Fsp3) is 0.417. The summed E-state index contributed by atoms with van der Waals surface area (Å²) in [7, 11) is 0. The molecule has 2 aromatic rings. The number of rotatable bonds is 4. The zero-order valence-electron chi connectivity index (χ0n) is 17.6. The van der Waals surface area contributed by atoms with E-state index in [0.29, 0.717) is 22.9 Å². The highest BCUT2D eigenvalue weighted by Gasteiger charge is 2.51. The monoisotopic (exact) mass is 426 g/mol. The van der Waals surface area contributed by atoms with E-state index in [1.165, 1.54) is 0 Å². The summed E-state index contributed by atoms with van der Waals surface area (Å²) in [6.45, 7) is 7.50. The van der Waals surface area contributed by atoms with E-state index in [1.54, 1.807) is 48.7 Å². The van der Waals surface area contributed by atoms with E-state index >= 15 is 0 Å². The predicted molar refractivity (Wildman–Crippen MR) is 117 cm³/mol. The predicted octanol–water partition coefficient (Wildman–Crippen LogP) is 5.13. The number of benzene rings is 1. The van der Waals surface area contributed by atoms with Crippen LogP contribution in [0.25, 0.3) is 6.08 Å². The van der Waals surface area contributed by atoms with E-state index < -0.39 is 0 Å². The van der Waals surface area contributed by atoms with Gasteiger partial charge in [-0.2, -0.15) is 0 Å². The van der Waals surface area contributed by atoms with Gasteiger partial charge in [0.1, 0.15) is 11.5 Å². The highest BCUT2D eigenvalue weighted by Crippen LogP contribution is 2.52. The van der Waals surface area contributed by atoms with E-state index in [-0.39, 0.29) is 34.4 Å². The van der Waals surface area contributed by atoms with Crippen molar-refractivity contribution in [3.8, 4) is 0 Å². The van der Waals surface area contributed by atoms with Crippen molar-refractivity contribution in [1.29, 1.82) is 0 Å². The topological polar surface area (TPSA) is 62.6 Å². The Bertz CT molecular complexity index is 978. The van der Waals surface area contributed by atoms with Gasteiger partial charge in [-0.1, -0.05) is 32.4 Å². The van der Waals surface area contributed by atoms with Crippen LogP contribution in [-0.4, -0.2) is 29.3 Å². The number of fused-ring (bicyclic) bond motifs is 2. The summed E-state index contributed by atoms with van der Waals surface area (Å²) < 4.78 is 5.40. The van der Waals surface area contributed by atoms with Gasteiger partial charge in [0, 0.05) is 29.2 Å². The third kappa shape index (κ3) is 4.31. The smallest absolute Gasteiger partial charge is 0.270 e. The molecule has 1 saturated heterocycles. The molecule has 1 N–H and O–H groups in total. The summed E-state index contributed by atoms with van der Waals surface area (Å²) in [4.78, 5) is 28.3. The van der Waals surface area contributed by atoms with E-state index in [0.717, 1.165) is 19.3 Å². The van der Waals surface area contributed by atoms with Crippen LogP contribution < -0.4 is 5.32 Å². The van der Waals surface area contributed by atoms with Crippen molar-refractivity contribution in [2.24, 2.45) is 10.8 Å². The van der Waals surface area contributed by atoms with Gasteiger partial charge in [0.05, 0.1) is 6.26 Å². The molecule has 2 amide bonds. The van der Waals surface area contributed by atoms with Gasteiger partial charge in [-0.25, -0.2) is 0 Å². The van der Waals surface area contributed by atoms with Crippen LogP contribution in [0.4, 0.5) is 0 Å². The lowest BCUT2D eigenvalue weighted by Crippen LogP contribution is -2.42. The summed E-state index contributed by atoms with van der Waals surface area (Å²) in [5.74, 6) is -0.00450. The summed E-state index contributed by atoms with van der Waals surface area (Å²) in [5.41, 5.74) is 0.965. The van der Waals surface area contributed by atoms with Crippen LogP contribution in [0.1, 0.15) is 56.2 Å². The number of carbonyl (C=O) groups is 2. The maximum absolute atomic E-state index is 13.6. The fourth-order valence-electron chi connectivity index (χ4n) is 5.31. The Balaban J connectivity index is 1.61. The number of hydrogen-bond donors (Lipinski definition) is 1. The van der Waals surface area contributed by atoms with Crippen molar-refractivity contribution in [3.63, 3.8) is 0 Å². The molecule has 0 unspecified atom stereocenters. The molecular formula is C24H27ClN2O3. The molecule has 158 valence electrons. The van der Waals surface area contributed by atoms with E-state index in [2.05, 4.69) is 26.1 Å². The number of carbonyl (C=O) groups excluding carboxylic acids is 2. The molecule has 30 heavy (non-hydrogen) atoms. The first-order chi connectivity index (χ1) is 14.1. The molecule has 1 saturated carbocycles. The largest absolute Gasteiger partial charge is 0.465 e. The number of halogens is 1. The van der Waals surface area contributed by atoms with Gasteiger partial charge < -0.3 is 14.6 Å². The average molecular weight is 427 g/mol. The van der Waals surface area contributed by atoms with Gasteiger partial charge in [-0.3, -0.25) is 9.59 Å². The quantitative estimate of drug-likeness (QED) is 0.689. The van der Waals surface area contributed by atoms with Gasteiger partial charge in [0.25, 0.3) is 11.8 Å². The van der Waals surface area contributed by atoms with E-state index in [1.807, 2.05) is 4.90 Å². The molecule has 2 heterocycles. The van der Waals surface area contributed by atoms with Crippen molar-refractivity contribution in [2.45, 2.75) is 46.1 Å². The van der Waals surface area contributed by atoms with Crippen LogP contribution in [0.5, 0.6) is 0 Å². The molecule has 2 bridgehead atoms. The number of nitrogens with one attached hydrogen (secondary N) is 1. The first-order valence-electron chi connectivity index (χ1n) is 10.3. The molecular weight excluding hydrogens is 400 g/mol. The third-order valence-electron chi connectivity index (χ3n) is 6.09. The molecule has 4 rings (SSSR count). The Hall–Kier alpha value is -2.53. The maximum atomic E-state index is 13.6. The number of hydrogen-bond acceptors (Lipinski definition) is 3. The number of nitrogens with zero attached hydrogens (tertiary/aromatic N) is 1. The molecule has 6 heteroatoms. The Morgan fingerprint density at radius 2 is 1.90 bits per heavy atom. The Kier molecular flexibility index (Phi) is 5.27. The zero-order valence-corrected chi connectivity index (χ0v) is 18.3. The van der Waals surface area contributed by atoms with Crippen LogP contribution in [-0.2, 0) is 4.79 Å². The molecule has 0 spiro atoms. The second kappa shape index (κ2) is 7.62. The molecule has 1 aliphatic carbocycles. The minimum atomic E-state index is -0.355. The average Bonchev–Trinajstić information content (AvgIpc) is 3.25. The molecule has 1 aromatic heterocycles. The van der Waals surface area contributed by atoms with Crippen LogP contribution in [0.2, 0.25) is 5.02 Å². The van der Waals surface area contributed by atoms with Crippen LogP contribution in [0.3, 0.4) is 0 Å². The lowest BCUT2D eigenvalue weighted by Gasteiger charge is -2.39. The maximum Gasteiger partial charge on any atom is 0.270 e. The van der Waals surface area contributed by atoms with Gasteiger partial charge in [0.2, 0.25) is 0 Å². The van der Waals surface area contributed by atoms with Gasteiger partial charge >= 0.3 is 0 Å². The van der Waals surface area contributed by atoms with E-state index in [9.17, 15) is 9.59 Å².